The van der Waals surface area contributed by atoms with Gasteiger partial charge in [-0.1, -0.05) is 180 Å². The van der Waals surface area contributed by atoms with E-state index in [9.17, 15) is 0 Å². The van der Waals surface area contributed by atoms with Crippen LogP contribution in [0.5, 0.6) is 0 Å². The highest BCUT2D eigenvalue weighted by Crippen LogP contribution is 2.32. The number of unbranched alkanes of at least 4 members (excludes halogenated alkanes) is 8. The Kier molecular flexibility index (Phi) is 19.9. The van der Waals surface area contributed by atoms with Gasteiger partial charge in [-0.3, -0.25) is 0 Å². The Labute approximate surface area is 187 Å². The normalized spacial score (nSPS) is 18.2. The van der Waals surface area contributed by atoms with E-state index in [1.807, 2.05) is 0 Å². The van der Waals surface area contributed by atoms with Gasteiger partial charge < -0.3 is 0 Å². The summed E-state index contributed by atoms with van der Waals surface area (Å²) in [5, 5.41) is 0. The average molecular weight is 404 g/mol. The maximum atomic E-state index is 2.89. The smallest absolute Gasteiger partial charge is 0.0686 e. The second kappa shape index (κ2) is 21.3. The zero-order chi connectivity index (χ0) is 20.8. The molecule has 0 spiro atoms. The van der Waals surface area contributed by atoms with E-state index < -0.39 is 0 Å². The minimum Gasteiger partial charge on any atom is -0.0686 e. The molecule has 1 saturated carbocycles. The van der Waals surface area contributed by atoms with Gasteiger partial charge in [0.15, 0.2) is 0 Å². The maximum Gasteiger partial charge on any atom is 0.117 e. The van der Waals surface area contributed by atoms with E-state index in [1.54, 1.807) is 0 Å². The lowest BCUT2D eigenvalue weighted by Gasteiger charge is -2.23. The van der Waals surface area contributed by atoms with Crippen molar-refractivity contribution in [3.05, 3.63) is 0 Å². The molecule has 0 aromatic rings. The number of hydrogen-bond donors (Lipinski definition) is 0. The van der Waals surface area contributed by atoms with Crippen molar-refractivity contribution in [2.24, 2.45) is 0 Å². The highest BCUT2D eigenvalue weighted by molar-refractivity contribution is 6.39. The maximum absolute atomic E-state index is 2.89. The molecule has 0 amide bonds. The molecular weight excluding hydrogens is 347 g/mol. The van der Waals surface area contributed by atoms with Crippen molar-refractivity contribution < 1.29 is 0 Å². The van der Waals surface area contributed by atoms with Crippen molar-refractivity contribution in [1.82, 2.24) is 0 Å². The Hall–Kier alpha value is 0.0649. The quantitative estimate of drug-likeness (QED) is 0.200. The molecule has 0 nitrogen and oxygen atoms in total. The van der Waals surface area contributed by atoms with E-state index in [0.29, 0.717) is 0 Å². The molecule has 0 atom stereocenters. The summed E-state index contributed by atoms with van der Waals surface area (Å²) in [7, 11) is 2.89. The van der Waals surface area contributed by atoms with E-state index in [2.05, 4.69) is 21.1 Å². The molecule has 0 N–H and O–H groups in total. The molecule has 0 aromatic heterocycles. The fourth-order valence-corrected chi connectivity index (χ4v) is 5.31. The van der Waals surface area contributed by atoms with Crippen molar-refractivity contribution in [2.75, 3.05) is 0 Å². The van der Waals surface area contributed by atoms with Crippen LogP contribution >= 0.6 is 0 Å². The molecule has 1 aliphatic carbocycles. The molecule has 0 heterocycles. The second-order valence-corrected chi connectivity index (χ2v) is 10.2. The molecule has 0 aliphatic heterocycles. The highest BCUT2D eigenvalue weighted by Gasteiger charge is 2.18. The summed E-state index contributed by atoms with van der Waals surface area (Å²) >= 11 is 0. The number of rotatable bonds is 14. The van der Waals surface area contributed by atoms with Gasteiger partial charge in [0.25, 0.3) is 0 Å². The summed E-state index contributed by atoms with van der Waals surface area (Å²) in [5.74, 6) is 1.84. The van der Waals surface area contributed by atoms with Gasteiger partial charge in [0.1, 0.15) is 7.28 Å². The molecule has 0 unspecified atom stereocenters. The standard InChI is InChI=1S/C28H56B/c1-3-5-7-15-19-23-27(24-20-16-8-6-4-2)29-28-25-21-17-13-11-9-10-12-14-18-22-26-28/h27-28H,3-26H2,1-2H3. The van der Waals surface area contributed by atoms with Crippen LogP contribution in [0.25, 0.3) is 0 Å². The molecule has 171 valence electrons. The van der Waals surface area contributed by atoms with Crippen molar-refractivity contribution in [3.63, 3.8) is 0 Å². The molecule has 1 radical (unpaired) electrons. The minimum absolute atomic E-state index is 0.916. The molecule has 1 fully saturated rings. The topological polar surface area (TPSA) is 0 Å². The first kappa shape index (κ1) is 27.1. The fourth-order valence-electron chi connectivity index (χ4n) is 5.31. The predicted octanol–water partition coefficient (Wildman–Crippen LogP) is 10.7. The van der Waals surface area contributed by atoms with Gasteiger partial charge >= 0.3 is 0 Å². The van der Waals surface area contributed by atoms with Crippen LogP contribution in [-0.4, -0.2) is 7.28 Å². The molecule has 1 aliphatic rings. The zero-order valence-corrected chi connectivity index (χ0v) is 20.7. The minimum atomic E-state index is 0.916. The van der Waals surface area contributed by atoms with E-state index in [4.69, 9.17) is 0 Å². The Morgan fingerprint density at radius 1 is 0.517 bits per heavy atom. The van der Waals surface area contributed by atoms with Gasteiger partial charge in [0.2, 0.25) is 0 Å². The summed E-state index contributed by atoms with van der Waals surface area (Å²) in [4.78, 5) is 0. The van der Waals surface area contributed by atoms with Gasteiger partial charge in [-0.2, -0.15) is 0 Å². The van der Waals surface area contributed by atoms with Gasteiger partial charge in [-0.25, -0.2) is 0 Å². The first-order valence-corrected chi connectivity index (χ1v) is 14.2. The van der Waals surface area contributed by atoms with Crippen LogP contribution < -0.4 is 0 Å². The molecular formula is C28H56B. The van der Waals surface area contributed by atoms with Crippen LogP contribution in [-0.2, 0) is 0 Å². The average Bonchev–Trinajstić information content (AvgIpc) is 2.75. The monoisotopic (exact) mass is 403 g/mol. The summed E-state index contributed by atoms with van der Waals surface area (Å²) in [6.45, 7) is 4.66. The summed E-state index contributed by atoms with van der Waals surface area (Å²) in [6, 6.07) is 0. The Bertz CT molecular complexity index is 285. The lowest BCUT2D eigenvalue weighted by atomic mass is 9.50. The fraction of sp³-hybridized carbons (Fsp3) is 1.00. The second-order valence-electron chi connectivity index (χ2n) is 10.2. The van der Waals surface area contributed by atoms with Crippen LogP contribution in [0.4, 0.5) is 0 Å². The van der Waals surface area contributed by atoms with Crippen molar-refractivity contribution >= 4 is 7.28 Å². The molecule has 0 bridgehead atoms. The van der Waals surface area contributed by atoms with Crippen LogP contribution in [0.15, 0.2) is 0 Å². The van der Waals surface area contributed by atoms with E-state index >= 15 is 0 Å². The lowest BCUT2D eigenvalue weighted by molar-refractivity contribution is 0.520. The Balaban J connectivity index is 2.42. The van der Waals surface area contributed by atoms with Gasteiger partial charge in [0, 0.05) is 0 Å². The van der Waals surface area contributed by atoms with Crippen LogP contribution in [0, 0.1) is 0 Å². The van der Waals surface area contributed by atoms with E-state index in [-0.39, 0.29) is 0 Å². The summed E-state index contributed by atoms with van der Waals surface area (Å²) < 4.78 is 0. The Morgan fingerprint density at radius 2 is 0.897 bits per heavy atom. The highest BCUT2D eigenvalue weighted by atomic mass is 14.1. The Morgan fingerprint density at radius 3 is 1.31 bits per heavy atom. The third-order valence-corrected chi connectivity index (χ3v) is 7.30. The lowest BCUT2D eigenvalue weighted by Crippen LogP contribution is -2.12. The van der Waals surface area contributed by atoms with Crippen LogP contribution in [0.1, 0.15) is 168 Å². The molecule has 0 aromatic carbocycles. The SMILES string of the molecule is CCCCCCCC([B]C1CCCCCCCCCCCC1)CCCCCCC. The van der Waals surface area contributed by atoms with Gasteiger partial charge in [0.05, 0.1) is 0 Å². The predicted molar refractivity (Wildman–Crippen MR) is 135 cm³/mol. The van der Waals surface area contributed by atoms with Crippen LogP contribution in [0.2, 0.25) is 11.6 Å². The molecule has 29 heavy (non-hydrogen) atoms. The zero-order valence-electron chi connectivity index (χ0n) is 20.7. The summed E-state index contributed by atoms with van der Waals surface area (Å²) in [5.41, 5.74) is 0. The molecule has 0 saturated heterocycles. The van der Waals surface area contributed by atoms with Gasteiger partial charge in [-0.05, 0) is 0 Å². The third-order valence-electron chi connectivity index (χ3n) is 7.30. The molecule has 1 heteroatoms. The first-order chi connectivity index (χ1) is 14.4. The van der Waals surface area contributed by atoms with E-state index in [1.165, 1.54) is 154 Å². The number of hydrogen-bond acceptors (Lipinski definition) is 0. The third kappa shape index (κ3) is 17.4. The van der Waals surface area contributed by atoms with Crippen molar-refractivity contribution in [1.29, 1.82) is 0 Å². The van der Waals surface area contributed by atoms with Crippen molar-refractivity contribution in [2.45, 2.75) is 180 Å². The largest absolute Gasteiger partial charge is 0.117 e. The molecule has 1 rings (SSSR count). The van der Waals surface area contributed by atoms with Gasteiger partial charge in [-0.15, -0.1) is 0 Å². The first-order valence-electron chi connectivity index (χ1n) is 14.2. The van der Waals surface area contributed by atoms with E-state index in [0.717, 1.165) is 11.6 Å². The van der Waals surface area contributed by atoms with Crippen molar-refractivity contribution in [3.8, 4) is 0 Å². The summed E-state index contributed by atoms with van der Waals surface area (Å²) in [6.07, 6.45) is 35.3. The van der Waals surface area contributed by atoms with Crippen LogP contribution in [0.3, 0.4) is 0 Å².